The third-order valence-corrected chi connectivity index (χ3v) is 2.51. The largest absolute Gasteiger partial charge is 0.479 e. The fourth-order valence-electron chi connectivity index (χ4n) is 1.37. The summed E-state index contributed by atoms with van der Waals surface area (Å²) in [7, 11) is 0. The second kappa shape index (κ2) is 4.19. The van der Waals surface area contributed by atoms with Gasteiger partial charge in [0.25, 0.3) is 0 Å². The molecule has 1 saturated heterocycles. The topological polar surface area (TPSA) is 81.8 Å². The van der Waals surface area contributed by atoms with Gasteiger partial charge in [-0.15, -0.1) is 6.42 Å². The molecule has 0 radical (unpaired) electrons. The molecule has 15 heavy (non-hydrogen) atoms. The monoisotopic (exact) mass is 213 g/mol. The van der Waals surface area contributed by atoms with Gasteiger partial charge in [0.05, 0.1) is 13.2 Å². The molecule has 0 aliphatic carbocycles. The van der Waals surface area contributed by atoms with Crippen molar-refractivity contribution >= 4 is 5.97 Å². The Morgan fingerprint density at radius 3 is 2.60 bits per heavy atom. The zero-order chi connectivity index (χ0) is 11.5. The van der Waals surface area contributed by atoms with Crippen molar-refractivity contribution in [2.24, 2.45) is 5.73 Å². The predicted octanol–water partition coefficient (Wildman–Crippen LogP) is -0.0551. The van der Waals surface area contributed by atoms with Crippen molar-refractivity contribution in [1.29, 1.82) is 0 Å². The maximum Gasteiger partial charge on any atom is 0.336 e. The Morgan fingerprint density at radius 2 is 2.20 bits per heavy atom. The molecule has 1 fully saturated rings. The number of aliphatic carboxylic acids is 1. The summed E-state index contributed by atoms with van der Waals surface area (Å²) < 4.78 is 10.6. The van der Waals surface area contributed by atoms with Crippen molar-refractivity contribution < 1.29 is 19.4 Å². The van der Waals surface area contributed by atoms with Crippen molar-refractivity contribution in [3.05, 3.63) is 0 Å². The van der Waals surface area contributed by atoms with E-state index in [0.717, 1.165) is 0 Å². The highest BCUT2D eigenvalue weighted by molar-refractivity contribution is 5.82. The quantitative estimate of drug-likeness (QED) is 0.639. The van der Waals surface area contributed by atoms with Crippen LogP contribution >= 0.6 is 0 Å². The third kappa shape index (κ3) is 2.69. The Labute approximate surface area is 88.5 Å². The van der Waals surface area contributed by atoms with E-state index in [1.165, 1.54) is 0 Å². The summed E-state index contributed by atoms with van der Waals surface area (Å²) >= 11 is 0. The van der Waals surface area contributed by atoms with Crippen molar-refractivity contribution in [1.82, 2.24) is 0 Å². The van der Waals surface area contributed by atoms with Gasteiger partial charge in [0.1, 0.15) is 0 Å². The number of hydrogen-bond donors (Lipinski definition) is 2. The van der Waals surface area contributed by atoms with Gasteiger partial charge in [-0.25, -0.2) is 4.79 Å². The van der Waals surface area contributed by atoms with Crippen LogP contribution in [0.5, 0.6) is 0 Å². The van der Waals surface area contributed by atoms with Gasteiger partial charge in [0.15, 0.2) is 11.3 Å². The van der Waals surface area contributed by atoms with Gasteiger partial charge in [0, 0.05) is 6.42 Å². The lowest BCUT2D eigenvalue weighted by atomic mass is 9.93. The lowest BCUT2D eigenvalue weighted by Gasteiger charge is -2.26. The number of nitrogens with two attached hydrogens (primary N) is 1. The van der Waals surface area contributed by atoms with E-state index in [9.17, 15) is 4.79 Å². The number of hydrogen-bond acceptors (Lipinski definition) is 4. The molecule has 1 rings (SSSR count). The summed E-state index contributed by atoms with van der Waals surface area (Å²) in [6.45, 7) is 2.77. The van der Waals surface area contributed by atoms with E-state index in [1.54, 1.807) is 6.92 Å². The van der Waals surface area contributed by atoms with E-state index in [2.05, 4.69) is 5.92 Å². The summed E-state index contributed by atoms with van der Waals surface area (Å²) in [6, 6.07) is 0. The Kier molecular flexibility index (Phi) is 3.35. The summed E-state index contributed by atoms with van der Waals surface area (Å²) in [5.41, 5.74) is 3.89. The molecule has 1 aliphatic heterocycles. The molecule has 0 amide bonds. The zero-order valence-electron chi connectivity index (χ0n) is 8.66. The average molecular weight is 213 g/mol. The van der Waals surface area contributed by atoms with Crippen LogP contribution in [0.25, 0.3) is 0 Å². The molecule has 84 valence electrons. The van der Waals surface area contributed by atoms with Crippen LogP contribution in [0.1, 0.15) is 19.8 Å². The highest BCUT2D eigenvalue weighted by Crippen LogP contribution is 2.26. The molecule has 5 heteroatoms. The molecule has 0 aromatic rings. The van der Waals surface area contributed by atoms with E-state index in [4.69, 9.17) is 26.7 Å². The standard InChI is InChI=1S/C10H15NO4/c1-3-10(11,8(12)13)5-4-9(2)14-6-7-15-9/h1H,4-7,11H2,2H3,(H,12,13). The van der Waals surface area contributed by atoms with Gasteiger partial charge in [-0.3, -0.25) is 0 Å². The molecule has 0 spiro atoms. The van der Waals surface area contributed by atoms with Crippen LogP contribution in [0.15, 0.2) is 0 Å². The highest BCUT2D eigenvalue weighted by Gasteiger charge is 2.38. The number of ether oxygens (including phenoxy) is 2. The molecule has 1 aliphatic rings. The molecule has 0 aromatic heterocycles. The minimum atomic E-state index is -1.64. The number of rotatable bonds is 4. The van der Waals surface area contributed by atoms with Gasteiger partial charge >= 0.3 is 5.97 Å². The van der Waals surface area contributed by atoms with Gasteiger partial charge in [-0.1, -0.05) is 5.92 Å². The minimum Gasteiger partial charge on any atom is -0.479 e. The molecule has 0 saturated carbocycles. The second-order valence-corrected chi connectivity index (χ2v) is 3.75. The summed E-state index contributed by atoms with van der Waals surface area (Å²) in [4.78, 5) is 10.8. The Morgan fingerprint density at radius 1 is 1.67 bits per heavy atom. The summed E-state index contributed by atoms with van der Waals surface area (Å²) in [6.07, 6.45) is 5.58. The van der Waals surface area contributed by atoms with Crippen LogP contribution in [-0.2, 0) is 14.3 Å². The summed E-state index contributed by atoms with van der Waals surface area (Å²) in [5.74, 6) is 0.131. The lowest BCUT2D eigenvalue weighted by molar-refractivity contribution is -0.153. The van der Waals surface area contributed by atoms with Crippen LogP contribution in [0, 0.1) is 12.3 Å². The van der Waals surface area contributed by atoms with Crippen molar-refractivity contribution in [3.8, 4) is 12.3 Å². The maximum absolute atomic E-state index is 10.8. The highest BCUT2D eigenvalue weighted by atomic mass is 16.7. The van der Waals surface area contributed by atoms with E-state index >= 15 is 0 Å². The zero-order valence-corrected chi connectivity index (χ0v) is 8.66. The number of carboxylic acid groups (broad SMARTS) is 1. The molecule has 3 N–H and O–H groups in total. The molecular formula is C10H15NO4. The Balaban J connectivity index is 2.55. The van der Waals surface area contributed by atoms with Gasteiger partial charge in [-0.2, -0.15) is 0 Å². The third-order valence-electron chi connectivity index (χ3n) is 2.51. The summed E-state index contributed by atoms with van der Waals surface area (Å²) in [5, 5.41) is 8.84. The molecule has 0 aromatic carbocycles. The van der Waals surface area contributed by atoms with Crippen molar-refractivity contribution in [2.75, 3.05) is 13.2 Å². The Bertz CT molecular complexity index is 290. The molecule has 0 bridgehead atoms. The Hall–Kier alpha value is -1.09. The van der Waals surface area contributed by atoms with Crippen LogP contribution < -0.4 is 5.73 Å². The lowest BCUT2D eigenvalue weighted by Crippen LogP contribution is -2.48. The van der Waals surface area contributed by atoms with E-state index in [0.29, 0.717) is 19.6 Å². The first-order valence-corrected chi connectivity index (χ1v) is 4.70. The maximum atomic E-state index is 10.8. The van der Waals surface area contributed by atoms with E-state index in [-0.39, 0.29) is 6.42 Å². The fraction of sp³-hybridized carbons (Fsp3) is 0.700. The molecule has 1 unspecified atom stereocenters. The van der Waals surface area contributed by atoms with Crippen LogP contribution in [0.4, 0.5) is 0 Å². The number of carboxylic acids is 1. The normalized spacial score (nSPS) is 23.0. The van der Waals surface area contributed by atoms with E-state index in [1.807, 2.05) is 0 Å². The molecular weight excluding hydrogens is 198 g/mol. The smallest absolute Gasteiger partial charge is 0.336 e. The minimum absolute atomic E-state index is 0.120. The first-order chi connectivity index (χ1) is 6.92. The van der Waals surface area contributed by atoms with E-state index < -0.39 is 17.3 Å². The molecule has 1 atom stereocenters. The van der Waals surface area contributed by atoms with Crippen LogP contribution in [0.2, 0.25) is 0 Å². The van der Waals surface area contributed by atoms with Crippen LogP contribution in [0.3, 0.4) is 0 Å². The fourth-order valence-corrected chi connectivity index (χ4v) is 1.37. The van der Waals surface area contributed by atoms with Gasteiger partial charge in [-0.05, 0) is 13.3 Å². The van der Waals surface area contributed by atoms with Crippen LogP contribution in [-0.4, -0.2) is 35.6 Å². The molecule has 5 nitrogen and oxygen atoms in total. The number of carbonyl (C=O) groups is 1. The van der Waals surface area contributed by atoms with Gasteiger partial charge in [0.2, 0.25) is 0 Å². The van der Waals surface area contributed by atoms with Crippen molar-refractivity contribution in [2.45, 2.75) is 31.1 Å². The van der Waals surface area contributed by atoms with Crippen molar-refractivity contribution in [3.63, 3.8) is 0 Å². The first kappa shape index (κ1) is 12.0. The second-order valence-electron chi connectivity index (χ2n) is 3.75. The van der Waals surface area contributed by atoms with Gasteiger partial charge < -0.3 is 20.3 Å². The number of terminal acetylenes is 1. The first-order valence-electron chi connectivity index (χ1n) is 4.70. The molecule has 1 heterocycles. The predicted molar refractivity (Wildman–Crippen MR) is 52.9 cm³/mol. The average Bonchev–Trinajstić information content (AvgIpc) is 2.62. The SMILES string of the molecule is C#CC(N)(CCC1(C)OCCO1)C(=O)O.